The van der Waals surface area contributed by atoms with Crippen molar-refractivity contribution >= 4 is 28.8 Å². The summed E-state index contributed by atoms with van der Waals surface area (Å²) in [4.78, 5) is 30.1. The molecule has 3 N–H and O–H groups in total. The maximum Gasteiger partial charge on any atom is 0.255 e. The third kappa shape index (κ3) is 5.68. The number of hydrogen-bond acceptors (Lipinski definition) is 6. The lowest BCUT2D eigenvalue weighted by Gasteiger charge is -2.29. The van der Waals surface area contributed by atoms with Crippen molar-refractivity contribution in [2.75, 3.05) is 31.1 Å². The molecule has 1 saturated heterocycles. The molecule has 1 aromatic heterocycles. The first kappa shape index (κ1) is 24.2. The highest BCUT2D eigenvalue weighted by atomic mass is 32.1. The molecule has 0 bridgehead atoms. The van der Waals surface area contributed by atoms with E-state index in [0.717, 1.165) is 42.1 Å². The van der Waals surface area contributed by atoms with E-state index in [4.69, 9.17) is 0 Å². The van der Waals surface area contributed by atoms with Crippen LogP contribution in [-0.4, -0.2) is 65.3 Å². The number of carbonyl (C=O) groups excluding carboxylic acids is 2. The van der Waals surface area contributed by atoms with Gasteiger partial charge in [-0.15, -0.1) is 11.3 Å². The fourth-order valence-electron chi connectivity index (χ4n) is 4.19. The zero-order chi connectivity index (χ0) is 23.1. The molecule has 1 aliphatic rings. The molecule has 0 radical (unpaired) electrons. The van der Waals surface area contributed by atoms with Crippen molar-refractivity contribution in [3.8, 4) is 0 Å². The summed E-state index contributed by atoms with van der Waals surface area (Å²) in [6.45, 7) is 6.89. The van der Waals surface area contributed by atoms with Gasteiger partial charge in [-0.2, -0.15) is 0 Å². The molecule has 3 rings (SSSR count). The summed E-state index contributed by atoms with van der Waals surface area (Å²) in [5.74, 6) is -1.34. The van der Waals surface area contributed by atoms with Gasteiger partial charge in [0.05, 0.1) is 6.04 Å². The van der Waals surface area contributed by atoms with E-state index < -0.39 is 24.0 Å². The van der Waals surface area contributed by atoms with Crippen LogP contribution in [0.3, 0.4) is 0 Å². The maximum atomic E-state index is 12.9. The molecule has 1 fully saturated rings. The molecule has 0 aliphatic carbocycles. The monoisotopic (exact) mass is 459 g/mol. The second kappa shape index (κ2) is 11.4. The van der Waals surface area contributed by atoms with Gasteiger partial charge in [0.2, 0.25) is 0 Å². The number of likely N-dealkylation sites (tertiary alicyclic amines) is 1. The predicted octanol–water partition coefficient (Wildman–Crippen LogP) is 2.34. The Labute approximate surface area is 193 Å². The number of benzene rings is 1. The topological polar surface area (TPSA) is 93.1 Å². The van der Waals surface area contributed by atoms with Crippen LogP contribution in [0.25, 0.3) is 0 Å². The Kier molecular flexibility index (Phi) is 8.67. The van der Waals surface area contributed by atoms with Crippen molar-refractivity contribution in [3.05, 3.63) is 52.2 Å². The number of thiophene rings is 1. The SMILES string of the molecule is CCN(CC)c1ccc(C2CCCN2C(=O)[C@H](O)[C@@H](O)C(=O)NCCc2cccs2)cc1. The van der Waals surface area contributed by atoms with Gasteiger partial charge in [-0.05, 0) is 62.3 Å². The van der Waals surface area contributed by atoms with Gasteiger partial charge < -0.3 is 25.3 Å². The lowest BCUT2D eigenvalue weighted by molar-refractivity contribution is -0.153. The average Bonchev–Trinajstić information content (AvgIpc) is 3.51. The molecule has 2 aromatic rings. The first-order chi connectivity index (χ1) is 15.5. The van der Waals surface area contributed by atoms with E-state index in [1.54, 1.807) is 16.2 Å². The summed E-state index contributed by atoms with van der Waals surface area (Å²) in [7, 11) is 0. The molecule has 0 saturated carbocycles. The highest BCUT2D eigenvalue weighted by molar-refractivity contribution is 7.09. The number of aliphatic hydroxyl groups excluding tert-OH is 2. The fourth-order valence-corrected chi connectivity index (χ4v) is 4.90. The van der Waals surface area contributed by atoms with Crippen LogP contribution in [0.5, 0.6) is 0 Å². The summed E-state index contributed by atoms with van der Waals surface area (Å²) in [5.41, 5.74) is 2.12. The molecule has 1 unspecified atom stereocenters. The summed E-state index contributed by atoms with van der Waals surface area (Å²) in [6, 6.07) is 11.9. The van der Waals surface area contributed by atoms with Crippen molar-refractivity contribution < 1.29 is 19.8 Å². The molecular weight excluding hydrogens is 426 g/mol. The van der Waals surface area contributed by atoms with Gasteiger partial charge in [0.1, 0.15) is 0 Å². The Morgan fingerprint density at radius 2 is 1.88 bits per heavy atom. The zero-order valence-corrected chi connectivity index (χ0v) is 19.6. The number of nitrogens with one attached hydrogen (secondary N) is 1. The maximum absolute atomic E-state index is 12.9. The number of nitrogens with zero attached hydrogens (tertiary/aromatic N) is 2. The molecule has 2 heterocycles. The number of amides is 2. The number of hydrogen-bond donors (Lipinski definition) is 3. The van der Waals surface area contributed by atoms with Crippen LogP contribution in [0.1, 0.15) is 43.2 Å². The molecular formula is C24H33N3O4S. The number of carbonyl (C=O) groups is 2. The Hall–Kier alpha value is -2.42. The minimum Gasteiger partial charge on any atom is -0.380 e. The van der Waals surface area contributed by atoms with Crippen LogP contribution >= 0.6 is 11.3 Å². The van der Waals surface area contributed by atoms with Crippen molar-refractivity contribution in [2.45, 2.75) is 51.4 Å². The fraction of sp³-hybridized carbons (Fsp3) is 0.500. The standard InChI is InChI=1S/C24H33N3O4S/c1-3-26(4-2)18-11-9-17(10-12-18)20-8-5-15-27(20)24(31)22(29)21(28)23(30)25-14-13-19-7-6-16-32-19/h6-7,9-12,16,20-22,28-29H,3-5,8,13-15H2,1-2H3,(H,25,30)/t20?,21-,22-/m1/s1. The molecule has 3 atom stereocenters. The minimum absolute atomic E-state index is 0.169. The van der Waals surface area contributed by atoms with Crippen molar-refractivity contribution in [2.24, 2.45) is 0 Å². The third-order valence-corrected chi connectivity index (χ3v) is 6.95. The van der Waals surface area contributed by atoms with Crippen LogP contribution in [0.2, 0.25) is 0 Å². The number of aliphatic hydroxyl groups is 2. The lowest BCUT2D eigenvalue weighted by atomic mass is 10.0. The Morgan fingerprint density at radius 3 is 2.50 bits per heavy atom. The largest absolute Gasteiger partial charge is 0.380 e. The summed E-state index contributed by atoms with van der Waals surface area (Å²) in [5, 5.41) is 25.3. The van der Waals surface area contributed by atoms with E-state index in [9.17, 15) is 19.8 Å². The normalized spacial score (nSPS) is 17.8. The smallest absolute Gasteiger partial charge is 0.255 e. The van der Waals surface area contributed by atoms with Crippen LogP contribution in [0, 0.1) is 0 Å². The van der Waals surface area contributed by atoms with Crippen LogP contribution in [0.4, 0.5) is 5.69 Å². The van der Waals surface area contributed by atoms with E-state index in [-0.39, 0.29) is 6.04 Å². The van der Waals surface area contributed by atoms with Crippen molar-refractivity contribution in [3.63, 3.8) is 0 Å². The van der Waals surface area contributed by atoms with E-state index in [0.29, 0.717) is 19.5 Å². The Balaban J connectivity index is 1.59. The van der Waals surface area contributed by atoms with Gasteiger partial charge in [0, 0.05) is 36.7 Å². The first-order valence-corrected chi connectivity index (χ1v) is 12.2. The molecule has 1 aromatic carbocycles. The number of anilines is 1. The minimum atomic E-state index is -1.79. The molecule has 8 heteroatoms. The van der Waals surface area contributed by atoms with Gasteiger partial charge >= 0.3 is 0 Å². The molecule has 2 amide bonds. The number of rotatable bonds is 10. The predicted molar refractivity (Wildman–Crippen MR) is 127 cm³/mol. The van der Waals surface area contributed by atoms with Crippen LogP contribution in [0.15, 0.2) is 41.8 Å². The van der Waals surface area contributed by atoms with E-state index in [2.05, 4.69) is 36.2 Å². The zero-order valence-electron chi connectivity index (χ0n) is 18.7. The van der Waals surface area contributed by atoms with Crippen LogP contribution < -0.4 is 10.2 Å². The van der Waals surface area contributed by atoms with Crippen molar-refractivity contribution in [1.82, 2.24) is 10.2 Å². The van der Waals surface area contributed by atoms with Crippen LogP contribution in [-0.2, 0) is 16.0 Å². The molecule has 1 aliphatic heterocycles. The van der Waals surface area contributed by atoms with Gasteiger partial charge in [0.15, 0.2) is 12.2 Å². The summed E-state index contributed by atoms with van der Waals surface area (Å²) < 4.78 is 0. The van der Waals surface area contributed by atoms with Gasteiger partial charge in [0.25, 0.3) is 11.8 Å². The van der Waals surface area contributed by atoms with Gasteiger partial charge in [-0.1, -0.05) is 18.2 Å². The highest BCUT2D eigenvalue weighted by Gasteiger charge is 2.38. The first-order valence-electron chi connectivity index (χ1n) is 11.3. The molecule has 0 spiro atoms. The second-order valence-electron chi connectivity index (χ2n) is 7.96. The quantitative estimate of drug-likeness (QED) is 0.507. The molecule has 7 nitrogen and oxygen atoms in total. The van der Waals surface area contributed by atoms with Gasteiger partial charge in [-0.25, -0.2) is 0 Å². The second-order valence-corrected chi connectivity index (χ2v) is 9.00. The Bertz CT molecular complexity index is 868. The lowest BCUT2D eigenvalue weighted by Crippen LogP contribution is -2.50. The van der Waals surface area contributed by atoms with Crippen molar-refractivity contribution in [1.29, 1.82) is 0 Å². The Morgan fingerprint density at radius 1 is 1.16 bits per heavy atom. The summed E-state index contributed by atoms with van der Waals surface area (Å²) in [6.07, 6.45) is -1.35. The highest BCUT2D eigenvalue weighted by Crippen LogP contribution is 2.33. The van der Waals surface area contributed by atoms with E-state index >= 15 is 0 Å². The van der Waals surface area contributed by atoms with E-state index in [1.165, 1.54) is 0 Å². The molecule has 174 valence electrons. The average molecular weight is 460 g/mol. The van der Waals surface area contributed by atoms with Gasteiger partial charge in [-0.3, -0.25) is 9.59 Å². The third-order valence-electron chi connectivity index (χ3n) is 6.01. The summed E-state index contributed by atoms with van der Waals surface area (Å²) >= 11 is 1.59. The van der Waals surface area contributed by atoms with E-state index in [1.807, 2.05) is 29.6 Å². The molecule has 32 heavy (non-hydrogen) atoms.